The molecule has 0 N–H and O–H groups in total. The van der Waals surface area contributed by atoms with Gasteiger partial charge in [0.15, 0.2) is 9.84 Å². The van der Waals surface area contributed by atoms with Crippen LogP contribution < -0.4 is 0 Å². The number of halogens is 1. The summed E-state index contributed by atoms with van der Waals surface area (Å²) in [6.45, 7) is 0. The van der Waals surface area contributed by atoms with Crippen LogP contribution in [-0.4, -0.2) is 29.4 Å². The summed E-state index contributed by atoms with van der Waals surface area (Å²) in [4.78, 5) is 0.101. The largest absolute Gasteiger partial charge is 0.254 e. The van der Waals surface area contributed by atoms with Crippen molar-refractivity contribution in [3.8, 4) is 0 Å². The highest BCUT2D eigenvalue weighted by Gasteiger charge is 2.33. The Bertz CT molecular complexity index is 525. The van der Waals surface area contributed by atoms with Crippen molar-refractivity contribution in [2.45, 2.75) is 16.6 Å². The van der Waals surface area contributed by atoms with Gasteiger partial charge in [0.1, 0.15) is 5.82 Å². The Labute approximate surface area is 96.1 Å². The lowest BCUT2D eigenvalue weighted by atomic mass is 10.3. The minimum Gasteiger partial charge on any atom is -0.254 e. The van der Waals surface area contributed by atoms with E-state index >= 15 is 0 Å². The number of hydrogen-bond donors (Lipinski definition) is 0. The Balaban J connectivity index is 2.25. The fraction of sp³-hybridized carbons (Fsp3) is 0.400. The predicted octanol–water partition coefficient (Wildman–Crippen LogP) is 1.12. The zero-order valence-corrected chi connectivity index (χ0v) is 10.1. The number of hydrogen-bond acceptors (Lipinski definition) is 3. The lowest BCUT2D eigenvalue weighted by Crippen LogP contribution is -2.17. The summed E-state index contributed by atoms with van der Waals surface area (Å²) in [6.07, 6.45) is 0.350. The third-order valence-electron chi connectivity index (χ3n) is 2.55. The lowest BCUT2D eigenvalue weighted by Gasteiger charge is -2.08. The van der Waals surface area contributed by atoms with E-state index in [-0.39, 0.29) is 16.4 Å². The molecular formula is C10H11FO3S2. The second-order valence-corrected chi connectivity index (χ2v) is 7.68. The van der Waals surface area contributed by atoms with Gasteiger partial charge in [-0.3, -0.25) is 4.21 Å². The zero-order valence-electron chi connectivity index (χ0n) is 8.43. The first-order valence-electron chi connectivity index (χ1n) is 4.85. The molecule has 0 saturated carbocycles. The Morgan fingerprint density at radius 1 is 1.31 bits per heavy atom. The van der Waals surface area contributed by atoms with Crippen LogP contribution in [0.15, 0.2) is 29.2 Å². The Hall–Kier alpha value is -0.750. The summed E-state index contributed by atoms with van der Waals surface area (Å²) in [7, 11) is -4.65. The first kappa shape index (κ1) is 11.7. The molecule has 0 spiro atoms. The topological polar surface area (TPSA) is 51.2 Å². The van der Waals surface area contributed by atoms with Crippen LogP contribution in [0.4, 0.5) is 4.39 Å². The summed E-state index contributed by atoms with van der Waals surface area (Å²) in [6, 6.07) is 5.79. The third-order valence-corrected chi connectivity index (χ3v) is 6.30. The Kier molecular flexibility index (Phi) is 3.12. The molecule has 88 valence electrons. The van der Waals surface area contributed by atoms with Crippen molar-refractivity contribution < 1.29 is 17.0 Å². The molecule has 1 aromatic rings. The molecule has 0 bridgehead atoms. The third kappa shape index (κ3) is 2.32. The fourth-order valence-electron chi connectivity index (χ4n) is 1.72. The van der Waals surface area contributed by atoms with Gasteiger partial charge in [-0.25, -0.2) is 12.8 Å². The van der Waals surface area contributed by atoms with Gasteiger partial charge in [0.05, 0.1) is 32.5 Å². The van der Waals surface area contributed by atoms with E-state index in [1.807, 2.05) is 0 Å². The molecule has 0 aliphatic carbocycles. The SMILES string of the molecule is O=S(c1ccccc1F)C1CCS(=O)(=O)C1. The van der Waals surface area contributed by atoms with Crippen LogP contribution in [0.5, 0.6) is 0 Å². The number of rotatable bonds is 2. The molecule has 1 aromatic carbocycles. The van der Waals surface area contributed by atoms with E-state index in [2.05, 4.69) is 0 Å². The summed E-state index contributed by atoms with van der Waals surface area (Å²) < 4.78 is 47.8. The first-order valence-corrected chi connectivity index (χ1v) is 7.88. The highest BCUT2D eigenvalue weighted by Crippen LogP contribution is 2.23. The van der Waals surface area contributed by atoms with E-state index in [1.165, 1.54) is 18.2 Å². The molecule has 1 saturated heterocycles. The van der Waals surface area contributed by atoms with Gasteiger partial charge < -0.3 is 0 Å². The summed E-state index contributed by atoms with van der Waals surface area (Å²) in [5.41, 5.74) is 0. The van der Waals surface area contributed by atoms with Crippen LogP contribution in [0.2, 0.25) is 0 Å². The summed E-state index contributed by atoms with van der Waals surface area (Å²) in [5.74, 6) is -0.587. The lowest BCUT2D eigenvalue weighted by molar-refractivity contribution is 0.592. The molecule has 2 atom stereocenters. The highest BCUT2D eigenvalue weighted by molar-refractivity contribution is 7.94. The second kappa shape index (κ2) is 4.25. The maximum absolute atomic E-state index is 13.3. The van der Waals surface area contributed by atoms with Crippen molar-refractivity contribution in [3.63, 3.8) is 0 Å². The van der Waals surface area contributed by atoms with Gasteiger partial charge in [-0.05, 0) is 18.6 Å². The second-order valence-electron chi connectivity index (χ2n) is 3.75. The molecule has 2 unspecified atom stereocenters. The van der Waals surface area contributed by atoms with E-state index in [9.17, 15) is 17.0 Å². The van der Waals surface area contributed by atoms with Crippen LogP contribution in [0.1, 0.15) is 6.42 Å². The van der Waals surface area contributed by atoms with Gasteiger partial charge in [0.25, 0.3) is 0 Å². The minimum atomic E-state index is -3.08. The van der Waals surface area contributed by atoms with Crippen molar-refractivity contribution in [1.82, 2.24) is 0 Å². The molecule has 1 aliphatic rings. The fourth-order valence-corrected chi connectivity index (χ4v) is 5.69. The zero-order chi connectivity index (χ0) is 11.8. The quantitative estimate of drug-likeness (QED) is 0.802. The predicted molar refractivity (Wildman–Crippen MR) is 59.9 cm³/mol. The molecule has 1 aliphatic heterocycles. The van der Waals surface area contributed by atoms with E-state index < -0.39 is 31.7 Å². The van der Waals surface area contributed by atoms with Crippen LogP contribution in [0.25, 0.3) is 0 Å². The maximum atomic E-state index is 13.3. The monoisotopic (exact) mass is 262 g/mol. The summed E-state index contributed by atoms with van der Waals surface area (Å²) >= 11 is 0. The molecule has 1 heterocycles. The molecular weight excluding hydrogens is 251 g/mol. The first-order chi connectivity index (χ1) is 7.49. The number of sulfone groups is 1. The molecule has 6 heteroatoms. The average Bonchev–Trinajstić information content (AvgIpc) is 2.59. The highest BCUT2D eigenvalue weighted by atomic mass is 32.2. The Morgan fingerprint density at radius 3 is 2.56 bits per heavy atom. The number of benzene rings is 1. The van der Waals surface area contributed by atoms with Crippen molar-refractivity contribution in [2.24, 2.45) is 0 Å². The van der Waals surface area contributed by atoms with E-state index in [0.717, 1.165) is 0 Å². The van der Waals surface area contributed by atoms with Crippen LogP contribution in [0.3, 0.4) is 0 Å². The molecule has 3 nitrogen and oxygen atoms in total. The van der Waals surface area contributed by atoms with Crippen molar-refractivity contribution in [3.05, 3.63) is 30.1 Å². The van der Waals surface area contributed by atoms with E-state index in [0.29, 0.717) is 6.42 Å². The molecule has 16 heavy (non-hydrogen) atoms. The van der Waals surface area contributed by atoms with Crippen molar-refractivity contribution >= 4 is 20.6 Å². The van der Waals surface area contributed by atoms with Gasteiger partial charge in [-0.1, -0.05) is 12.1 Å². The molecule has 0 aromatic heterocycles. The van der Waals surface area contributed by atoms with Crippen LogP contribution in [-0.2, 0) is 20.6 Å². The standard InChI is InChI=1S/C10H11FO3S2/c11-9-3-1-2-4-10(9)15(12)8-5-6-16(13,14)7-8/h1-4,8H,5-7H2. The van der Waals surface area contributed by atoms with E-state index in [1.54, 1.807) is 6.07 Å². The molecule has 0 amide bonds. The van der Waals surface area contributed by atoms with Crippen LogP contribution in [0, 0.1) is 5.82 Å². The average molecular weight is 262 g/mol. The molecule has 2 rings (SSSR count). The van der Waals surface area contributed by atoms with Crippen molar-refractivity contribution in [2.75, 3.05) is 11.5 Å². The normalized spacial score (nSPS) is 25.4. The van der Waals surface area contributed by atoms with Gasteiger partial charge >= 0.3 is 0 Å². The van der Waals surface area contributed by atoms with Gasteiger partial charge in [-0.15, -0.1) is 0 Å². The maximum Gasteiger partial charge on any atom is 0.151 e. The molecule has 1 fully saturated rings. The van der Waals surface area contributed by atoms with Gasteiger partial charge in [-0.2, -0.15) is 0 Å². The van der Waals surface area contributed by atoms with Gasteiger partial charge in [0.2, 0.25) is 0 Å². The Morgan fingerprint density at radius 2 is 2.00 bits per heavy atom. The molecule has 0 radical (unpaired) electrons. The van der Waals surface area contributed by atoms with Crippen molar-refractivity contribution in [1.29, 1.82) is 0 Å². The minimum absolute atomic E-state index is 0.0534. The smallest absolute Gasteiger partial charge is 0.151 e. The van der Waals surface area contributed by atoms with E-state index in [4.69, 9.17) is 0 Å². The summed E-state index contributed by atoms with van der Waals surface area (Å²) in [5, 5.41) is -0.470. The van der Waals surface area contributed by atoms with Gasteiger partial charge in [0, 0.05) is 0 Å². The van der Waals surface area contributed by atoms with Crippen LogP contribution >= 0.6 is 0 Å².